The van der Waals surface area contributed by atoms with E-state index >= 15 is 0 Å². The van der Waals surface area contributed by atoms with Crippen LogP contribution in [0.15, 0.2) is 22.6 Å². The molecule has 8 nitrogen and oxygen atoms in total. The predicted molar refractivity (Wildman–Crippen MR) is 124 cm³/mol. The van der Waals surface area contributed by atoms with Crippen LogP contribution in [0.25, 0.3) is 0 Å². The molecule has 3 saturated heterocycles. The van der Waals surface area contributed by atoms with Crippen molar-refractivity contribution in [1.29, 1.82) is 0 Å². The van der Waals surface area contributed by atoms with E-state index in [0.29, 0.717) is 54.6 Å². The largest absolute Gasteiger partial charge is 0.424 e. The third kappa shape index (κ3) is 4.91. The van der Waals surface area contributed by atoms with Gasteiger partial charge in [-0.2, -0.15) is 0 Å². The fourth-order valence-electron chi connectivity index (χ4n) is 5.43. The van der Waals surface area contributed by atoms with E-state index in [0.717, 1.165) is 25.2 Å². The number of hydrogen-bond acceptors (Lipinski definition) is 7. The second-order valence-corrected chi connectivity index (χ2v) is 9.92. The highest BCUT2D eigenvalue weighted by atomic mass is 35.5. The summed E-state index contributed by atoms with van der Waals surface area (Å²) < 4.78 is 11.7. The second kappa shape index (κ2) is 9.88. The molecule has 1 aromatic heterocycles. The Morgan fingerprint density at radius 3 is 2.58 bits per heavy atom. The van der Waals surface area contributed by atoms with Crippen LogP contribution in [0.2, 0.25) is 10.0 Å². The lowest BCUT2D eigenvalue weighted by molar-refractivity contribution is -0.153. The van der Waals surface area contributed by atoms with Crippen LogP contribution in [0.1, 0.15) is 30.2 Å². The molecule has 1 aromatic carbocycles. The Balaban J connectivity index is 1.39. The molecule has 0 saturated carbocycles. The van der Waals surface area contributed by atoms with Gasteiger partial charge in [-0.1, -0.05) is 29.3 Å². The zero-order valence-electron chi connectivity index (χ0n) is 18.8. The summed E-state index contributed by atoms with van der Waals surface area (Å²) in [6.07, 6.45) is 2.68. The first-order chi connectivity index (χ1) is 16.0. The number of amides is 1. The molecule has 5 rings (SSSR count). The van der Waals surface area contributed by atoms with Gasteiger partial charge in [0.1, 0.15) is 0 Å². The molecule has 1 unspecified atom stereocenters. The minimum absolute atomic E-state index is 0.0462. The summed E-state index contributed by atoms with van der Waals surface area (Å²) >= 11 is 12.3. The molecule has 0 bridgehead atoms. The monoisotopic (exact) mass is 493 g/mol. The molecule has 3 fully saturated rings. The number of ether oxygens (including phenoxy) is 1. The van der Waals surface area contributed by atoms with Gasteiger partial charge < -0.3 is 14.1 Å². The summed E-state index contributed by atoms with van der Waals surface area (Å²) in [5, 5.41) is 9.13. The average Bonchev–Trinajstić information content (AvgIpc) is 3.48. The molecule has 3 aliphatic heterocycles. The molecule has 4 heterocycles. The van der Waals surface area contributed by atoms with Gasteiger partial charge in [0.05, 0.1) is 54.4 Å². The smallest absolute Gasteiger partial charge is 0.230 e. The minimum atomic E-state index is 0.0462. The molecule has 3 atom stereocenters. The van der Waals surface area contributed by atoms with Crippen LogP contribution in [0.4, 0.5) is 0 Å². The number of rotatable bonds is 5. The Kier molecular flexibility index (Phi) is 6.90. The van der Waals surface area contributed by atoms with Crippen LogP contribution in [-0.4, -0.2) is 88.3 Å². The van der Waals surface area contributed by atoms with Crippen LogP contribution in [0.3, 0.4) is 0 Å². The molecule has 10 heteroatoms. The highest BCUT2D eigenvalue weighted by Crippen LogP contribution is 2.31. The van der Waals surface area contributed by atoms with Crippen LogP contribution in [0, 0.1) is 6.92 Å². The number of piperazine rings is 1. The number of halogens is 2. The topological polar surface area (TPSA) is 74.9 Å². The number of hydrogen-bond donors (Lipinski definition) is 0. The Morgan fingerprint density at radius 1 is 1.06 bits per heavy atom. The normalized spacial score (nSPS) is 26.5. The standard InChI is InChI=1S/C23H29Cl2N5O3/c1-15-26-27-21(33-15)12-29-8-9-30(22(31)11-16-4-5-17(24)18(25)10-16)23-19(13-32-14-20(23)29)28-6-2-3-7-28/h4-5,10,19-20,23H,2-3,6-9,11-14H2,1H3/t19?,20-,23-/m1/s1. The van der Waals surface area contributed by atoms with E-state index in [-0.39, 0.29) is 24.0 Å². The Hall–Kier alpha value is -1.71. The molecule has 0 spiro atoms. The highest BCUT2D eigenvalue weighted by molar-refractivity contribution is 6.42. The van der Waals surface area contributed by atoms with Crippen molar-refractivity contribution in [3.05, 3.63) is 45.6 Å². The van der Waals surface area contributed by atoms with Gasteiger partial charge in [0.15, 0.2) is 0 Å². The van der Waals surface area contributed by atoms with E-state index in [1.54, 1.807) is 19.1 Å². The number of carbonyl (C=O) groups is 1. The zero-order valence-corrected chi connectivity index (χ0v) is 20.3. The number of benzene rings is 1. The predicted octanol–water partition coefficient (Wildman–Crippen LogP) is 2.80. The quantitative estimate of drug-likeness (QED) is 0.633. The van der Waals surface area contributed by atoms with E-state index in [1.807, 2.05) is 6.07 Å². The molecule has 3 aliphatic rings. The molecule has 2 aromatic rings. The van der Waals surface area contributed by atoms with Gasteiger partial charge in [-0.15, -0.1) is 10.2 Å². The van der Waals surface area contributed by atoms with Crippen molar-refractivity contribution < 1.29 is 13.9 Å². The van der Waals surface area contributed by atoms with Crippen molar-refractivity contribution in [1.82, 2.24) is 24.9 Å². The number of likely N-dealkylation sites (tertiary alicyclic amines) is 1. The van der Waals surface area contributed by atoms with Crippen LogP contribution in [-0.2, 0) is 22.5 Å². The van der Waals surface area contributed by atoms with Gasteiger partial charge in [-0.05, 0) is 43.6 Å². The number of aromatic nitrogens is 2. The van der Waals surface area contributed by atoms with Gasteiger partial charge in [-0.25, -0.2) is 0 Å². The van der Waals surface area contributed by atoms with E-state index in [4.69, 9.17) is 32.4 Å². The van der Waals surface area contributed by atoms with Gasteiger partial charge in [0, 0.05) is 20.0 Å². The summed E-state index contributed by atoms with van der Waals surface area (Å²) in [6.45, 7) is 7.07. The third-order valence-electron chi connectivity index (χ3n) is 7.00. The average molecular weight is 494 g/mol. The lowest BCUT2D eigenvalue weighted by Gasteiger charge is -2.54. The molecule has 0 radical (unpaired) electrons. The third-order valence-corrected chi connectivity index (χ3v) is 7.74. The van der Waals surface area contributed by atoms with Crippen molar-refractivity contribution >= 4 is 29.1 Å². The number of fused-ring (bicyclic) bond motifs is 1. The van der Waals surface area contributed by atoms with Crippen LogP contribution in [0.5, 0.6) is 0 Å². The Morgan fingerprint density at radius 2 is 1.85 bits per heavy atom. The zero-order chi connectivity index (χ0) is 22.9. The first-order valence-corrected chi connectivity index (χ1v) is 12.3. The van der Waals surface area contributed by atoms with Gasteiger partial charge in [-0.3, -0.25) is 14.6 Å². The second-order valence-electron chi connectivity index (χ2n) is 9.10. The molecule has 0 N–H and O–H groups in total. The summed E-state index contributed by atoms with van der Waals surface area (Å²) in [6, 6.07) is 5.71. The summed E-state index contributed by atoms with van der Waals surface area (Å²) in [5.74, 6) is 1.28. The molecular weight excluding hydrogens is 465 g/mol. The van der Waals surface area contributed by atoms with Crippen molar-refractivity contribution in [3.63, 3.8) is 0 Å². The lowest BCUT2D eigenvalue weighted by atomic mass is 9.91. The fourth-order valence-corrected chi connectivity index (χ4v) is 5.75. The van der Waals surface area contributed by atoms with Gasteiger partial charge in [0.2, 0.25) is 17.7 Å². The van der Waals surface area contributed by atoms with E-state index in [1.165, 1.54) is 12.8 Å². The molecular formula is C23H29Cl2N5O3. The molecule has 0 aliphatic carbocycles. The minimum Gasteiger partial charge on any atom is -0.424 e. The maximum atomic E-state index is 13.6. The van der Waals surface area contributed by atoms with Gasteiger partial charge in [0.25, 0.3) is 0 Å². The molecule has 178 valence electrons. The Labute approximate surface area is 203 Å². The lowest BCUT2D eigenvalue weighted by Crippen LogP contribution is -2.71. The molecule has 33 heavy (non-hydrogen) atoms. The summed E-state index contributed by atoms with van der Waals surface area (Å²) in [7, 11) is 0. The van der Waals surface area contributed by atoms with E-state index < -0.39 is 0 Å². The van der Waals surface area contributed by atoms with Crippen molar-refractivity contribution in [3.8, 4) is 0 Å². The van der Waals surface area contributed by atoms with Crippen molar-refractivity contribution in [2.24, 2.45) is 0 Å². The number of nitrogens with zero attached hydrogens (tertiary/aromatic N) is 5. The maximum absolute atomic E-state index is 13.6. The van der Waals surface area contributed by atoms with Gasteiger partial charge >= 0.3 is 0 Å². The first-order valence-electron chi connectivity index (χ1n) is 11.6. The summed E-state index contributed by atoms with van der Waals surface area (Å²) in [5.41, 5.74) is 0.875. The SMILES string of the molecule is Cc1nnc(CN2CCN(C(=O)Cc3ccc(Cl)c(Cl)c3)[C@@H]3C(N4CCCC4)COC[C@H]32)o1. The fraction of sp³-hybridized carbons (Fsp3) is 0.609. The highest BCUT2D eigenvalue weighted by Gasteiger charge is 2.48. The van der Waals surface area contributed by atoms with Crippen LogP contribution < -0.4 is 0 Å². The van der Waals surface area contributed by atoms with E-state index in [2.05, 4.69) is 24.9 Å². The Bertz CT molecular complexity index is 996. The summed E-state index contributed by atoms with van der Waals surface area (Å²) in [4.78, 5) is 20.5. The van der Waals surface area contributed by atoms with Crippen molar-refractivity contribution in [2.75, 3.05) is 39.4 Å². The van der Waals surface area contributed by atoms with Crippen molar-refractivity contribution in [2.45, 2.75) is 50.9 Å². The maximum Gasteiger partial charge on any atom is 0.230 e. The van der Waals surface area contributed by atoms with E-state index in [9.17, 15) is 4.79 Å². The van der Waals surface area contributed by atoms with Crippen LogP contribution >= 0.6 is 23.2 Å². The number of carbonyl (C=O) groups excluding carboxylic acids is 1. The first kappa shape index (κ1) is 23.1. The number of aryl methyl sites for hydroxylation is 1. The molecule has 1 amide bonds.